The van der Waals surface area contributed by atoms with Gasteiger partial charge in [-0.15, -0.1) is 0 Å². The van der Waals surface area contributed by atoms with E-state index in [0.717, 1.165) is 0 Å². The standard InChI is InChI=1S/C29H28N4O6S/c1-29(2,3)27(36)30-19-14-16-21(17-15-19)33-40(38,39)25-9-5-6-22-23(25)7-4-8-24(22)32-28(37)31-20-12-10-18(11-13-20)26(34)35/h4-17,33H,1-3H3,(H,30,36)(H,34,35)(H2,31,32,37). The number of nitrogens with one attached hydrogen (secondary N) is 4. The Morgan fingerprint density at radius 3 is 1.85 bits per heavy atom. The number of hydrogen-bond donors (Lipinski definition) is 5. The van der Waals surface area contributed by atoms with Gasteiger partial charge in [-0.3, -0.25) is 9.52 Å². The number of amides is 3. The number of rotatable bonds is 7. The molecular weight excluding hydrogens is 532 g/mol. The summed E-state index contributed by atoms with van der Waals surface area (Å²) in [5.74, 6) is -1.24. The van der Waals surface area contributed by atoms with Crippen LogP contribution in [0.2, 0.25) is 0 Å². The van der Waals surface area contributed by atoms with Crippen molar-refractivity contribution in [1.82, 2.24) is 0 Å². The number of carboxylic acids is 1. The van der Waals surface area contributed by atoms with Crippen molar-refractivity contribution in [1.29, 1.82) is 0 Å². The molecule has 0 saturated carbocycles. The van der Waals surface area contributed by atoms with E-state index in [-0.39, 0.29) is 16.4 Å². The van der Waals surface area contributed by atoms with Crippen molar-refractivity contribution in [2.75, 3.05) is 20.7 Å². The number of benzene rings is 4. The van der Waals surface area contributed by atoms with Gasteiger partial charge in [0.1, 0.15) is 0 Å². The molecule has 0 spiro atoms. The van der Waals surface area contributed by atoms with Gasteiger partial charge in [0.2, 0.25) is 5.91 Å². The number of urea groups is 1. The minimum atomic E-state index is -4.02. The monoisotopic (exact) mass is 560 g/mol. The molecule has 0 saturated heterocycles. The number of anilines is 4. The maximum atomic E-state index is 13.3. The Morgan fingerprint density at radius 1 is 0.675 bits per heavy atom. The SMILES string of the molecule is CC(C)(C)C(=O)Nc1ccc(NS(=O)(=O)c2cccc3c(NC(=O)Nc4ccc(C(=O)O)cc4)cccc23)cc1. The summed E-state index contributed by atoms with van der Waals surface area (Å²) < 4.78 is 29.2. The highest BCUT2D eigenvalue weighted by Crippen LogP contribution is 2.30. The lowest BCUT2D eigenvalue weighted by molar-refractivity contribution is -0.123. The van der Waals surface area contributed by atoms with Gasteiger partial charge in [-0.1, -0.05) is 45.0 Å². The normalized spacial score (nSPS) is 11.5. The highest BCUT2D eigenvalue weighted by molar-refractivity contribution is 7.93. The summed E-state index contributed by atoms with van der Waals surface area (Å²) in [6, 6.07) is 21.1. The van der Waals surface area contributed by atoms with Gasteiger partial charge in [0.15, 0.2) is 0 Å². The quantitative estimate of drug-likeness (QED) is 0.188. The van der Waals surface area contributed by atoms with Crippen LogP contribution in [0, 0.1) is 5.41 Å². The molecule has 0 unspecified atom stereocenters. The van der Waals surface area contributed by atoms with Crippen LogP contribution in [0.5, 0.6) is 0 Å². The van der Waals surface area contributed by atoms with Crippen LogP contribution in [-0.4, -0.2) is 31.4 Å². The minimum Gasteiger partial charge on any atom is -0.478 e. The van der Waals surface area contributed by atoms with Gasteiger partial charge in [0, 0.05) is 33.2 Å². The molecule has 206 valence electrons. The van der Waals surface area contributed by atoms with E-state index < -0.39 is 27.4 Å². The molecule has 3 amide bonds. The Kier molecular flexibility index (Phi) is 7.78. The molecule has 0 fully saturated rings. The van der Waals surface area contributed by atoms with Crippen molar-refractivity contribution in [2.24, 2.45) is 5.41 Å². The highest BCUT2D eigenvalue weighted by Gasteiger charge is 2.22. The Morgan fingerprint density at radius 2 is 1.23 bits per heavy atom. The second-order valence-electron chi connectivity index (χ2n) is 10.0. The third-order valence-electron chi connectivity index (χ3n) is 5.89. The van der Waals surface area contributed by atoms with Gasteiger partial charge in [-0.2, -0.15) is 0 Å². The Balaban J connectivity index is 1.52. The molecule has 11 heteroatoms. The molecule has 0 aliphatic rings. The van der Waals surface area contributed by atoms with Gasteiger partial charge >= 0.3 is 12.0 Å². The average molecular weight is 561 g/mol. The maximum absolute atomic E-state index is 13.3. The molecule has 40 heavy (non-hydrogen) atoms. The molecule has 0 atom stereocenters. The van der Waals surface area contributed by atoms with Crippen molar-refractivity contribution < 1.29 is 27.9 Å². The van der Waals surface area contributed by atoms with E-state index in [1.165, 1.54) is 30.3 Å². The van der Waals surface area contributed by atoms with Gasteiger partial charge in [0.25, 0.3) is 10.0 Å². The molecule has 0 radical (unpaired) electrons. The summed E-state index contributed by atoms with van der Waals surface area (Å²) in [5, 5.41) is 18.0. The first-order valence-electron chi connectivity index (χ1n) is 12.2. The van der Waals surface area contributed by atoms with Crippen LogP contribution in [0.1, 0.15) is 31.1 Å². The van der Waals surface area contributed by atoms with E-state index >= 15 is 0 Å². The van der Waals surface area contributed by atoms with Crippen LogP contribution in [0.15, 0.2) is 89.8 Å². The van der Waals surface area contributed by atoms with Crippen molar-refractivity contribution in [2.45, 2.75) is 25.7 Å². The third-order valence-corrected chi connectivity index (χ3v) is 7.33. The van der Waals surface area contributed by atoms with E-state index in [2.05, 4.69) is 20.7 Å². The number of carboxylic acid groups (broad SMARTS) is 1. The molecule has 0 heterocycles. The van der Waals surface area contributed by atoms with Crippen LogP contribution in [0.3, 0.4) is 0 Å². The molecule has 0 aliphatic carbocycles. The molecule has 5 N–H and O–H groups in total. The first-order chi connectivity index (χ1) is 18.8. The van der Waals surface area contributed by atoms with Gasteiger partial charge < -0.3 is 21.1 Å². The molecule has 4 rings (SSSR count). The fraction of sp³-hybridized carbons (Fsp3) is 0.138. The van der Waals surface area contributed by atoms with E-state index in [1.54, 1.807) is 75.4 Å². The topological polar surface area (TPSA) is 154 Å². The third kappa shape index (κ3) is 6.56. The van der Waals surface area contributed by atoms with Crippen molar-refractivity contribution in [3.05, 3.63) is 90.5 Å². The van der Waals surface area contributed by atoms with E-state index in [1.807, 2.05) is 0 Å². The Hall–Kier alpha value is -4.90. The number of sulfonamides is 1. The lowest BCUT2D eigenvalue weighted by Crippen LogP contribution is -2.27. The number of hydrogen-bond acceptors (Lipinski definition) is 5. The summed E-state index contributed by atoms with van der Waals surface area (Å²) >= 11 is 0. The van der Waals surface area contributed by atoms with Gasteiger partial charge in [-0.05, 0) is 60.7 Å². The maximum Gasteiger partial charge on any atom is 0.335 e. The summed E-state index contributed by atoms with van der Waals surface area (Å²) in [6.07, 6.45) is 0. The largest absolute Gasteiger partial charge is 0.478 e. The van der Waals surface area contributed by atoms with Crippen molar-refractivity contribution in [3.63, 3.8) is 0 Å². The fourth-order valence-corrected chi connectivity index (χ4v) is 5.04. The van der Waals surface area contributed by atoms with Crippen LogP contribution in [0.25, 0.3) is 10.8 Å². The van der Waals surface area contributed by atoms with E-state index in [0.29, 0.717) is 33.5 Å². The predicted molar refractivity (Wildman–Crippen MR) is 155 cm³/mol. The molecule has 4 aromatic carbocycles. The summed E-state index contributed by atoms with van der Waals surface area (Å²) in [5.41, 5.74) is 1.14. The van der Waals surface area contributed by atoms with Gasteiger partial charge in [-0.25, -0.2) is 18.0 Å². The van der Waals surface area contributed by atoms with Crippen molar-refractivity contribution >= 4 is 61.5 Å². The second kappa shape index (κ2) is 11.1. The minimum absolute atomic E-state index is 0.0171. The van der Waals surface area contributed by atoms with Crippen LogP contribution >= 0.6 is 0 Å². The molecule has 0 aromatic heterocycles. The zero-order valence-corrected chi connectivity index (χ0v) is 22.8. The fourth-order valence-electron chi connectivity index (χ4n) is 3.76. The number of aromatic carboxylic acids is 1. The molecule has 4 aromatic rings. The van der Waals surface area contributed by atoms with Crippen LogP contribution in [0.4, 0.5) is 27.5 Å². The smallest absolute Gasteiger partial charge is 0.335 e. The summed E-state index contributed by atoms with van der Waals surface area (Å²) in [7, 11) is -4.02. The second-order valence-corrected chi connectivity index (χ2v) is 11.7. The van der Waals surface area contributed by atoms with Crippen LogP contribution in [-0.2, 0) is 14.8 Å². The van der Waals surface area contributed by atoms with E-state index in [9.17, 15) is 22.8 Å². The van der Waals surface area contributed by atoms with Gasteiger partial charge in [0.05, 0.1) is 16.1 Å². The van der Waals surface area contributed by atoms with Crippen molar-refractivity contribution in [3.8, 4) is 0 Å². The summed E-state index contributed by atoms with van der Waals surface area (Å²) in [6.45, 7) is 5.39. The molecule has 0 bridgehead atoms. The first kappa shape index (κ1) is 28.1. The Bertz CT molecular complexity index is 1690. The zero-order valence-electron chi connectivity index (χ0n) is 22.0. The lowest BCUT2D eigenvalue weighted by Gasteiger charge is -2.18. The highest BCUT2D eigenvalue weighted by atomic mass is 32.2. The lowest BCUT2D eigenvalue weighted by atomic mass is 9.95. The van der Waals surface area contributed by atoms with Crippen LogP contribution < -0.4 is 20.7 Å². The number of fused-ring (bicyclic) bond motifs is 1. The molecular formula is C29H28N4O6S. The molecule has 0 aliphatic heterocycles. The first-order valence-corrected chi connectivity index (χ1v) is 13.7. The molecule has 10 nitrogen and oxygen atoms in total. The van der Waals surface area contributed by atoms with E-state index in [4.69, 9.17) is 5.11 Å². The zero-order chi connectivity index (χ0) is 29.1. The number of carbonyl (C=O) groups is 3. The average Bonchev–Trinajstić information content (AvgIpc) is 2.89. The summed E-state index contributed by atoms with van der Waals surface area (Å²) in [4.78, 5) is 35.9. The Labute approximate surface area is 231 Å². The predicted octanol–water partition coefficient (Wildman–Crippen LogP) is 5.97. The number of carbonyl (C=O) groups excluding carboxylic acids is 2.